The Morgan fingerprint density at radius 2 is 2.13 bits per heavy atom. The van der Waals surface area contributed by atoms with E-state index in [1.54, 1.807) is 19.1 Å². The van der Waals surface area contributed by atoms with E-state index in [0.717, 1.165) is 16.4 Å². The topological polar surface area (TPSA) is 143 Å². The van der Waals surface area contributed by atoms with E-state index >= 15 is 0 Å². The Bertz CT molecular complexity index is 1280. The highest BCUT2D eigenvalue weighted by atomic mass is 32.2. The van der Waals surface area contributed by atoms with Crippen LogP contribution in [0.15, 0.2) is 35.2 Å². The zero-order valence-corrected chi connectivity index (χ0v) is 17.3. The Morgan fingerprint density at radius 3 is 2.87 bits per heavy atom. The van der Waals surface area contributed by atoms with Crippen molar-refractivity contribution in [2.45, 2.75) is 24.4 Å². The number of halogens is 1. The van der Waals surface area contributed by atoms with Crippen molar-refractivity contribution in [2.24, 2.45) is 0 Å². The van der Waals surface area contributed by atoms with Crippen molar-refractivity contribution in [1.82, 2.24) is 29.5 Å². The molecule has 2 N–H and O–H groups in total. The first-order valence-electron chi connectivity index (χ1n) is 9.18. The second-order valence-corrected chi connectivity index (χ2v) is 9.06. The number of nitrogens with zero attached hydrogens (tertiary/aromatic N) is 6. The first kappa shape index (κ1) is 21.0. The molecule has 0 bridgehead atoms. The van der Waals surface area contributed by atoms with Crippen LogP contribution >= 0.6 is 0 Å². The third kappa shape index (κ3) is 3.66. The van der Waals surface area contributed by atoms with Gasteiger partial charge in [-0.25, -0.2) is 22.5 Å². The smallest absolute Gasteiger partial charge is 0.259 e. The molecule has 3 heterocycles. The third-order valence-electron chi connectivity index (χ3n) is 4.87. The maximum atomic E-state index is 14.5. The molecule has 0 fully saturated rings. The van der Waals surface area contributed by atoms with Gasteiger partial charge in [0.15, 0.2) is 0 Å². The molecular weight excluding hydrogens is 429 g/mol. The monoisotopic (exact) mass is 447 g/mol. The lowest BCUT2D eigenvalue weighted by Gasteiger charge is -2.11. The van der Waals surface area contributed by atoms with Gasteiger partial charge in [0.1, 0.15) is 17.3 Å². The van der Waals surface area contributed by atoms with Crippen LogP contribution in [0, 0.1) is 5.82 Å². The highest BCUT2D eigenvalue weighted by Gasteiger charge is 2.34. The number of sulfonamides is 1. The molecule has 0 saturated carbocycles. The van der Waals surface area contributed by atoms with Gasteiger partial charge in [-0.05, 0) is 47.2 Å². The van der Waals surface area contributed by atoms with Gasteiger partial charge in [0.05, 0.1) is 23.1 Å². The number of anilines is 1. The second-order valence-electron chi connectivity index (χ2n) is 7.04. The predicted octanol–water partition coefficient (Wildman–Crippen LogP) is 0.814. The summed E-state index contributed by atoms with van der Waals surface area (Å²) in [6.07, 6.45) is 0. The summed E-state index contributed by atoms with van der Waals surface area (Å²) in [4.78, 5) is 16.8. The zero-order chi connectivity index (χ0) is 22.3. The van der Waals surface area contributed by atoms with Crippen molar-refractivity contribution in [3.05, 3.63) is 47.3 Å². The summed E-state index contributed by atoms with van der Waals surface area (Å²) in [5.74, 6) is -1.32. The number of amides is 1. The maximum absolute atomic E-state index is 14.5. The molecule has 0 radical (unpaired) electrons. The lowest BCUT2D eigenvalue weighted by molar-refractivity contribution is 0.102. The minimum Gasteiger partial charge on any atom is -0.394 e. The molecule has 4 rings (SSSR count). The highest BCUT2D eigenvalue weighted by Crippen LogP contribution is 2.31. The number of hydrogen-bond acceptors (Lipinski definition) is 8. The number of nitrogens with one attached hydrogen (secondary N) is 1. The lowest BCUT2D eigenvalue weighted by Crippen LogP contribution is -2.19. The number of carbonyl (C=O) groups is 1. The number of rotatable bonds is 5. The number of hydrogen-bond donors (Lipinski definition) is 2. The first-order valence-corrected chi connectivity index (χ1v) is 10.6. The van der Waals surface area contributed by atoms with Crippen LogP contribution in [0.25, 0.3) is 11.5 Å². The van der Waals surface area contributed by atoms with Crippen molar-refractivity contribution in [1.29, 1.82) is 0 Å². The van der Waals surface area contributed by atoms with Crippen LogP contribution in [0.4, 0.5) is 10.2 Å². The van der Waals surface area contributed by atoms with Crippen molar-refractivity contribution in [3.8, 4) is 11.5 Å². The number of carbonyl (C=O) groups excluding carboxylic acids is 1. The molecule has 11 nitrogen and oxygen atoms in total. The van der Waals surface area contributed by atoms with Gasteiger partial charge >= 0.3 is 0 Å². The van der Waals surface area contributed by atoms with Crippen LogP contribution in [0.5, 0.6) is 0 Å². The summed E-state index contributed by atoms with van der Waals surface area (Å²) >= 11 is 0. The summed E-state index contributed by atoms with van der Waals surface area (Å²) in [6, 6.07) is 6.39. The molecule has 31 heavy (non-hydrogen) atoms. The number of aromatic nitrogens is 5. The zero-order valence-electron chi connectivity index (χ0n) is 16.5. The molecule has 13 heteroatoms. The number of benzene rings is 1. The largest absolute Gasteiger partial charge is 0.394 e. The molecular formula is C18H18FN7O4S. The van der Waals surface area contributed by atoms with E-state index in [9.17, 15) is 22.7 Å². The fourth-order valence-corrected chi connectivity index (χ4v) is 4.54. The van der Waals surface area contributed by atoms with Crippen LogP contribution in [0.2, 0.25) is 0 Å². The number of aliphatic hydroxyl groups is 1. The Kier molecular flexibility index (Phi) is 5.24. The summed E-state index contributed by atoms with van der Waals surface area (Å²) in [6.45, 7) is 1.57. The van der Waals surface area contributed by atoms with Crippen LogP contribution in [0.1, 0.15) is 28.9 Å². The molecule has 0 unspecified atom stereocenters. The van der Waals surface area contributed by atoms with Crippen LogP contribution in [0.3, 0.4) is 0 Å². The maximum Gasteiger partial charge on any atom is 0.259 e. The molecule has 0 aliphatic carbocycles. The van der Waals surface area contributed by atoms with Gasteiger partial charge in [-0.1, -0.05) is 6.07 Å². The average molecular weight is 447 g/mol. The fourth-order valence-electron chi connectivity index (χ4n) is 3.17. The summed E-state index contributed by atoms with van der Waals surface area (Å²) in [5.41, 5.74) is 0.201. The van der Waals surface area contributed by atoms with Crippen LogP contribution in [-0.2, 0) is 16.6 Å². The molecule has 1 atom stereocenters. The molecule has 162 valence electrons. The Balaban J connectivity index is 1.64. The Morgan fingerprint density at radius 1 is 1.35 bits per heavy atom. The molecule has 1 aliphatic heterocycles. The first-order chi connectivity index (χ1) is 14.7. The molecule has 0 spiro atoms. The van der Waals surface area contributed by atoms with Gasteiger partial charge in [0, 0.05) is 13.6 Å². The van der Waals surface area contributed by atoms with E-state index in [4.69, 9.17) is 0 Å². The lowest BCUT2D eigenvalue weighted by atomic mass is 10.1. The molecule has 1 aliphatic rings. The van der Waals surface area contributed by atoms with E-state index in [2.05, 4.69) is 25.8 Å². The summed E-state index contributed by atoms with van der Waals surface area (Å²) in [7, 11) is -2.37. The summed E-state index contributed by atoms with van der Waals surface area (Å²) < 4.78 is 41.7. The van der Waals surface area contributed by atoms with Gasteiger partial charge in [-0.2, -0.15) is 4.31 Å². The average Bonchev–Trinajstić information content (AvgIpc) is 3.30. The van der Waals surface area contributed by atoms with E-state index in [1.165, 1.54) is 17.8 Å². The minimum atomic E-state index is -3.76. The molecule has 2 aromatic heterocycles. The van der Waals surface area contributed by atoms with Gasteiger partial charge < -0.3 is 10.4 Å². The van der Waals surface area contributed by atoms with Crippen molar-refractivity contribution >= 4 is 21.7 Å². The highest BCUT2D eigenvalue weighted by molar-refractivity contribution is 7.89. The van der Waals surface area contributed by atoms with E-state index in [-0.39, 0.29) is 29.7 Å². The number of tetrazole rings is 1. The van der Waals surface area contributed by atoms with Crippen LogP contribution in [-0.4, -0.2) is 62.6 Å². The normalized spacial score (nSPS) is 16.1. The number of aliphatic hydroxyl groups excluding tert-OH is 1. The van der Waals surface area contributed by atoms with Crippen molar-refractivity contribution in [3.63, 3.8) is 0 Å². The molecule has 1 aromatic carbocycles. The number of pyridine rings is 1. The standard InChI is InChI=1S/C18H18FN7O4S/c1-10(9-27)26-17(22-23-24-26)14-4-3-5-16(20-14)21-18(28)12-7-15-11(6-13(12)19)8-25(2)31(15,29)30/h3-7,10,27H,8-9H2,1-2H3,(H,20,21,28)/t10-/m1/s1. The second kappa shape index (κ2) is 7.76. The molecule has 1 amide bonds. The summed E-state index contributed by atoms with van der Waals surface area (Å²) in [5, 5.41) is 23.1. The van der Waals surface area contributed by atoms with E-state index in [1.807, 2.05) is 0 Å². The van der Waals surface area contributed by atoms with Crippen molar-refractivity contribution < 1.29 is 22.7 Å². The Labute approximate surface area is 176 Å². The third-order valence-corrected chi connectivity index (χ3v) is 6.76. The van der Waals surface area contributed by atoms with Crippen LogP contribution < -0.4 is 5.32 Å². The quantitative estimate of drug-likeness (QED) is 0.585. The van der Waals surface area contributed by atoms with Gasteiger partial charge in [0.25, 0.3) is 5.91 Å². The number of fused-ring (bicyclic) bond motifs is 1. The fraction of sp³-hybridized carbons (Fsp3) is 0.278. The van der Waals surface area contributed by atoms with Gasteiger partial charge in [-0.3, -0.25) is 4.79 Å². The van der Waals surface area contributed by atoms with E-state index in [0.29, 0.717) is 11.3 Å². The molecule has 0 saturated heterocycles. The Hall–Kier alpha value is -3.29. The molecule has 3 aromatic rings. The SMILES string of the molecule is C[C@H](CO)n1nnnc1-c1cccc(NC(=O)c2cc3c(cc2F)CN(C)S3(=O)=O)n1. The van der Waals surface area contributed by atoms with Crippen molar-refractivity contribution in [2.75, 3.05) is 19.0 Å². The van der Waals surface area contributed by atoms with E-state index < -0.39 is 33.4 Å². The minimum absolute atomic E-state index is 0.0427. The van der Waals surface area contributed by atoms with Gasteiger partial charge in [-0.15, -0.1) is 5.10 Å². The van der Waals surface area contributed by atoms with Gasteiger partial charge in [0.2, 0.25) is 15.8 Å². The predicted molar refractivity (Wildman–Crippen MR) is 106 cm³/mol.